The van der Waals surface area contributed by atoms with Gasteiger partial charge in [0.25, 0.3) is 0 Å². The summed E-state index contributed by atoms with van der Waals surface area (Å²) in [5.41, 5.74) is 2.50. The molecule has 0 N–H and O–H groups in total. The van der Waals surface area contributed by atoms with Crippen molar-refractivity contribution in [3.8, 4) is 0 Å². The van der Waals surface area contributed by atoms with Crippen LogP contribution in [0.4, 0.5) is 0 Å². The molecule has 2 aromatic heterocycles. The summed E-state index contributed by atoms with van der Waals surface area (Å²) in [6.45, 7) is 4.05. The first-order valence-electron chi connectivity index (χ1n) is 9.42. The maximum Gasteiger partial charge on any atom is 0.346 e. The molecule has 0 saturated heterocycles. The fraction of sp³-hybridized carbons (Fsp3) is 0.273. The summed E-state index contributed by atoms with van der Waals surface area (Å²) in [5, 5.41) is 0.954. The molecule has 2 aromatic carbocycles. The standard InChI is InChI=1S/C22H20N2O4/c1-3-13-5-7-17-15(11-13)21(25)27-19(23-17)9-10-20-24-18-8-6-14(4-2)12-16(18)22(26)28-20/h5-8,11-12H,3-4,9-10H2,1-2H3. The quantitative estimate of drug-likeness (QED) is 0.529. The minimum absolute atomic E-state index is 0.299. The first-order valence-corrected chi connectivity index (χ1v) is 9.42. The van der Waals surface area contributed by atoms with Crippen LogP contribution in [0.5, 0.6) is 0 Å². The smallest absolute Gasteiger partial charge is 0.346 e. The molecule has 4 rings (SSSR count). The minimum Gasteiger partial charge on any atom is -0.408 e. The van der Waals surface area contributed by atoms with Crippen molar-refractivity contribution >= 4 is 21.8 Å². The van der Waals surface area contributed by atoms with Gasteiger partial charge in [0, 0.05) is 12.8 Å². The molecule has 0 bridgehead atoms. The molecule has 4 aromatic rings. The van der Waals surface area contributed by atoms with Crippen molar-refractivity contribution in [2.24, 2.45) is 0 Å². The lowest BCUT2D eigenvalue weighted by molar-refractivity contribution is 0.410. The molecule has 0 fully saturated rings. The fourth-order valence-corrected chi connectivity index (χ4v) is 3.19. The Morgan fingerprint density at radius 2 is 1.14 bits per heavy atom. The summed E-state index contributed by atoms with van der Waals surface area (Å²) in [6, 6.07) is 11.2. The molecule has 0 saturated carbocycles. The van der Waals surface area contributed by atoms with E-state index in [1.54, 1.807) is 0 Å². The fourth-order valence-electron chi connectivity index (χ4n) is 3.19. The van der Waals surface area contributed by atoms with Gasteiger partial charge in [-0.15, -0.1) is 0 Å². The van der Waals surface area contributed by atoms with Crippen molar-refractivity contribution in [1.29, 1.82) is 0 Å². The second-order valence-corrected chi connectivity index (χ2v) is 6.70. The van der Waals surface area contributed by atoms with E-state index in [0.717, 1.165) is 24.0 Å². The van der Waals surface area contributed by atoms with Crippen molar-refractivity contribution < 1.29 is 8.83 Å². The second kappa shape index (κ2) is 7.38. The van der Waals surface area contributed by atoms with E-state index in [2.05, 4.69) is 9.97 Å². The van der Waals surface area contributed by atoms with Gasteiger partial charge >= 0.3 is 11.3 Å². The van der Waals surface area contributed by atoms with Gasteiger partial charge in [-0.1, -0.05) is 26.0 Å². The molecule has 142 valence electrons. The number of benzene rings is 2. The van der Waals surface area contributed by atoms with Gasteiger partial charge in [-0.25, -0.2) is 19.6 Å². The van der Waals surface area contributed by atoms with E-state index in [9.17, 15) is 9.59 Å². The van der Waals surface area contributed by atoms with E-state index in [0.29, 0.717) is 46.4 Å². The van der Waals surface area contributed by atoms with Gasteiger partial charge in [-0.3, -0.25) is 0 Å². The van der Waals surface area contributed by atoms with Crippen molar-refractivity contribution in [2.45, 2.75) is 39.5 Å². The molecule has 2 heterocycles. The summed E-state index contributed by atoms with van der Waals surface area (Å²) >= 11 is 0. The summed E-state index contributed by atoms with van der Waals surface area (Å²) < 4.78 is 10.7. The van der Waals surface area contributed by atoms with Gasteiger partial charge in [-0.2, -0.15) is 0 Å². The summed E-state index contributed by atoms with van der Waals surface area (Å²) in [6.07, 6.45) is 2.30. The number of hydrogen-bond donors (Lipinski definition) is 0. The number of rotatable bonds is 5. The third kappa shape index (κ3) is 3.45. The summed E-state index contributed by atoms with van der Waals surface area (Å²) in [4.78, 5) is 33.4. The number of aromatic nitrogens is 2. The number of nitrogens with zero attached hydrogens (tertiary/aromatic N) is 2. The van der Waals surface area contributed by atoms with Crippen molar-refractivity contribution in [2.75, 3.05) is 0 Å². The molecule has 0 amide bonds. The van der Waals surface area contributed by atoms with Crippen LogP contribution in [-0.2, 0) is 25.7 Å². The lowest BCUT2D eigenvalue weighted by Crippen LogP contribution is -2.09. The Balaban J connectivity index is 1.62. The average molecular weight is 376 g/mol. The Hall–Kier alpha value is -3.28. The van der Waals surface area contributed by atoms with E-state index in [1.165, 1.54) is 0 Å². The molecule has 0 aliphatic rings. The van der Waals surface area contributed by atoms with Crippen LogP contribution >= 0.6 is 0 Å². The van der Waals surface area contributed by atoms with Crippen LogP contribution in [0.25, 0.3) is 21.8 Å². The van der Waals surface area contributed by atoms with Crippen molar-refractivity contribution in [3.63, 3.8) is 0 Å². The molecule has 0 spiro atoms. The van der Waals surface area contributed by atoms with Crippen molar-refractivity contribution in [1.82, 2.24) is 9.97 Å². The molecule has 0 atom stereocenters. The highest BCUT2D eigenvalue weighted by Crippen LogP contribution is 2.15. The predicted molar refractivity (Wildman–Crippen MR) is 107 cm³/mol. The van der Waals surface area contributed by atoms with Crippen LogP contribution in [0, 0.1) is 0 Å². The Labute approximate surface area is 160 Å². The second-order valence-electron chi connectivity index (χ2n) is 6.70. The highest BCUT2D eigenvalue weighted by atomic mass is 16.4. The Morgan fingerprint density at radius 1 is 0.714 bits per heavy atom. The van der Waals surface area contributed by atoms with Crippen LogP contribution in [-0.4, -0.2) is 9.97 Å². The highest BCUT2D eigenvalue weighted by molar-refractivity contribution is 5.78. The SMILES string of the molecule is CCc1ccc2nc(CCc3nc4ccc(CC)cc4c(=O)o3)oc(=O)c2c1. The maximum absolute atomic E-state index is 12.3. The highest BCUT2D eigenvalue weighted by Gasteiger charge is 2.11. The third-order valence-corrected chi connectivity index (χ3v) is 4.84. The first kappa shape index (κ1) is 18.1. The number of aryl methyl sites for hydroxylation is 4. The zero-order chi connectivity index (χ0) is 19.7. The van der Waals surface area contributed by atoms with Crippen molar-refractivity contribution in [3.05, 3.63) is 80.1 Å². The van der Waals surface area contributed by atoms with E-state index in [4.69, 9.17) is 8.83 Å². The van der Waals surface area contributed by atoms with E-state index in [1.807, 2.05) is 50.2 Å². The largest absolute Gasteiger partial charge is 0.408 e. The normalized spacial score (nSPS) is 11.4. The molecule has 0 aliphatic heterocycles. The zero-order valence-corrected chi connectivity index (χ0v) is 15.8. The van der Waals surface area contributed by atoms with Crippen LogP contribution in [0.15, 0.2) is 54.8 Å². The molecule has 6 heteroatoms. The van der Waals surface area contributed by atoms with Crippen LogP contribution in [0.1, 0.15) is 36.8 Å². The van der Waals surface area contributed by atoms with Gasteiger partial charge in [0.1, 0.15) is 0 Å². The predicted octanol–water partition coefficient (Wildman–Crippen LogP) is 3.60. The molecule has 6 nitrogen and oxygen atoms in total. The third-order valence-electron chi connectivity index (χ3n) is 4.84. The lowest BCUT2D eigenvalue weighted by Gasteiger charge is -2.04. The lowest BCUT2D eigenvalue weighted by atomic mass is 10.1. The Morgan fingerprint density at radius 3 is 1.54 bits per heavy atom. The van der Waals surface area contributed by atoms with Gasteiger partial charge in [0.05, 0.1) is 21.8 Å². The van der Waals surface area contributed by atoms with Gasteiger partial charge in [0.2, 0.25) is 0 Å². The average Bonchev–Trinajstić information content (AvgIpc) is 2.72. The monoisotopic (exact) mass is 376 g/mol. The number of fused-ring (bicyclic) bond motifs is 2. The number of hydrogen-bond acceptors (Lipinski definition) is 6. The minimum atomic E-state index is -0.407. The van der Waals surface area contributed by atoms with Crippen LogP contribution in [0.3, 0.4) is 0 Å². The Bertz CT molecular complexity index is 1190. The van der Waals surface area contributed by atoms with Gasteiger partial charge in [0.15, 0.2) is 11.8 Å². The zero-order valence-electron chi connectivity index (χ0n) is 15.8. The van der Waals surface area contributed by atoms with Crippen LogP contribution < -0.4 is 11.3 Å². The molecular weight excluding hydrogens is 356 g/mol. The Kier molecular flexibility index (Phi) is 4.77. The van der Waals surface area contributed by atoms with E-state index in [-0.39, 0.29) is 0 Å². The first-order chi connectivity index (χ1) is 13.6. The molecule has 0 unspecified atom stereocenters. The van der Waals surface area contributed by atoms with Gasteiger partial charge < -0.3 is 8.83 Å². The van der Waals surface area contributed by atoms with E-state index >= 15 is 0 Å². The van der Waals surface area contributed by atoms with E-state index < -0.39 is 11.3 Å². The molecular formula is C22H20N2O4. The summed E-state index contributed by atoms with van der Waals surface area (Å²) in [5.74, 6) is 0.597. The van der Waals surface area contributed by atoms with Gasteiger partial charge in [-0.05, 0) is 48.2 Å². The molecule has 0 radical (unpaired) electrons. The topological polar surface area (TPSA) is 86.2 Å². The maximum atomic E-state index is 12.3. The molecule has 0 aliphatic carbocycles. The molecule has 28 heavy (non-hydrogen) atoms. The van der Waals surface area contributed by atoms with Crippen LogP contribution in [0.2, 0.25) is 0 Å². The summed E-state index contributed by atoms with van der Waals surface area (Å²) in [7, 11) is 0.